The molecule has 3 N–H and O–H groups in total. The fraction of sp³-hybridized carbons (Fsp3) is 0.522. The molecule has 3 heterocycles. The van der Waals surface area contributed by atoms with Gasteiger partial charge in [-0.25, -0.2) is 4.79 Å². The van der Waals surface area contributed by atoms with Crippen LogP contribution in [0.15, 0.2) is 24.3 Å². The molecule has 3 amide bonds. The molecule has 4 rings (SSSR count). The first-order valence-electron chi connectivity index (χ1n) is 11.2. The lowest BCUT2D eigenvalue weighted by Gasteiger charge is -2.23. The third kappa shape index (κ3) is 4.58. The van der Waals surface area contributed by atoms with Crippen molar-refractivity contribution in [2.24, 2.45) is 0 Å². The highest BCUT2D eigenvalue weighted by Crippen LogP contribution is 2.28. The molecule has 1 unspecified atom stereocenters. The molecule has 2 aliphatic heterocycles. The molecule has 1 aromatic heterocycles. The van der Waals surface area contributed by atoms with Crippen LogP contribution in [-0.4, -0.2) is 46.3 Å². The molecule has 166 valence electrons. The summed E-state index contributed by atoms with van der Waals surface area (Å²) < 4.78 is 1.99. The van der Waals surface area contributed by atoms with Gasteiger partial charge in [-0.05, 0) is 44.4 Å². The van der Waals surface area contributed by atoms with Gasteiger partial charge < -0.3 is 20.9 Å². The van der Waals surface area contributed by atoms with E-state index in [1.807, 2.05) is 33.8 Å². The molecule has 0 bridgehead atoms. The minimum atomic E-state index is -0.155. The molecule has 8 heteroatoms. The molecule has 2 aliphatic rings. The lowest BCUT2D eigenvalue weighted by atomic mass is 9.97. The first kappa shape index (κ1) is 21.4. The van der Waals surface area contributed by atoms with E-state index in [1.54, 1.807) is 0 Å². The summed E-state index contributed by atoms with van der Waals surface area (Å²) >= 11 is 0. The van der Waals surface area contributed by atoms with Crippen molar-refractivity contribution in [2.75, 3.05) is 25.0 Å². The summed E-state index contributed by atoms with van der Waals surface area (Å²) in [7, 11) is 0. The monoisotopic (exact) mass is 424 g/mol. The Morgan fingerprint density at radius 2 is 1.90 bits per heavy atom. The Morgan fingerprint density at radius 1 is 1.19 bits per heavy atom. The van der Waals surface area contributed by atoms with E-state index in [0.29, 0.717) is 24.7 Å². The Balaban J connectivity index is 1.39. The average Bonchev–Trinajstić information content (AvgIpc) is 3.42. The van der Waals surface area contributed by atoms with Crippen LogP contribution in [0, 0.1) is 0 Å². The summed E-state index contributed by atoms with van der Waals surface area (Å²) in [6, 6.07) is 7.75. The van der Waals surface area contributed by atoms with Gasteiger partial charge in [-0.2, -0.15) is 5.10 Å². The van der Waals surface area contributed by atoms with E-state index in [9.17, 15) is 9.59 Å². The van der Waals surface area contributed by atoms with Gasteiger partial charge in [-0.3, -0.25) is 9.48 Å². The molecule has 1 atom stereocenters. The summed E-state index contributed by atoms with van der Waals surface area (Å²) in [6.45, 7) is 9.96. The molecule has 31 heavy (non-hydrogen) atoms. The van der Waals surface area contributed by atoms with Gasteiger partial charge in [-0.1, -0.05) is 19.1 Å². The molecule has 1 saturated heterocycles. The molecular weight excluding hydrogens is 392 g/mol. The Kier molecular flexibility index (Phi) is 6.27. The Morgan fingerprint density at radius 3 is 2.58 bits per heavy atom. The molecule has 8 nitrogen and oxygen atoms in total. The average molecular weight is 425 g/mol. The van der Waals surface area contributed by atoms with Crippen LogP contribution in [0.3, 0.4) is 0 Å². The van der Waals surface area contributed by atoms with Gasteiger partial charge in [0.05, 0.1) is 0 Å². The normalized spacial score (nSPS) is 18.2. The molecule has 1 aromatic carbocycles. The number of rotatable bonds is 5. The Labute approximate surface area is 183 Å². The molecule has 0 saturated carbocycles. The number of anilines is 1. The Bertz CT molecular complexity index is 944. The van der Waals surface area contributed by atoms with Gasteiger partial charge in [0.15, 0.2) is 5.69 Å². The van der Waals surface area contributed by atoms with Gasteiger partial charge in [0.25, 0.3) is 5.91 Å². The highest BCUT2D eigenvalue weighted by molar-refractivity contribution is 5.94. The van der Waals surface area contributed by atoms with Crippen molar-refractivity contribution in [1.29, 1.82) is 0 Å². The summed E-state index contributed by atoms with van der Waals surface area (Å²) in [6.07, 6.45) is 2.14. The van der Waals surface area contributed by atoms with Crippen molar-refractivity contribution in [3.8, 4) is 0 Å². The van der Waals surface area contributed by atoms with E-state index >= 15 is 0 Å². The topological polar surface area (TPSA) is 91.3 Å². The Hall–Kier alpha value is -2.87. The van der Waals surface area contributed by atoms with Crippen LogP contribution in [0.4, 0.5) is 10.5 Å². The van der Waals surface area contributed by atoms with Crippen LogP contribution in [0.5, 0.6) is 0 Å². The van der Waals surface area contributed by atoms with Crippen LogP contribution < -0.4 is 16.0 Å². The fourth-order valence-corrected chi connectivity index (χ4v) is 4.36. The van der Waals surface area contributed by atoms with Crippen LogP contribution in [-0.2, 0) is 13.1 Å². The van der Waals surface area contributed by atoms with Gasteiger partial charge in [-0.15, -0.1) is 0 Å². The van der Waals surface area contributed by atoms with Crippen LogP contribution in [0.1, 0.15) is 72.9 Å². The van der Waals surface area contributed by atoms with Crippen LogP contribution in [0.25, 0.3) is 0 Å². The lowest BCUT2D eigenvalue weighted by molar-refractivity contribution is 0.0943. The third-order valence-corrected chi connectivity index (χ3v) is 6.02. The minimum Gasteiger partial charge on any atom is -0.347 e. The maximum Gasteiger partial charge on any atom is 0.321 e. The van der Waals surface area contributed by atoms with Crippen molar-refractivity contribution in [3.05, 3.63) is 46.8 Å². The number of nitrogens with one attached hydrogen (secondary N) is 3. The van der Waals surface area contributed by atoms with Gasteiger partial charge >= 0.3 is 6.03 Å². The van der Waals surface area contributed by atoms with E-state index in [-0.39, 0.29) is 18.0 Å². The number of carbonyl (C=O) groups excluding carboxylic acids is 2. The molecule has 0 aliphatic carbocycles. The van der Waals surface area contributed by atoms with Gasteiger partial charge in [0.2, 0.25) is 0 Å². The molecule has 2 aromatic rings. The van der Waals surface area contributed by atoms with Gasteiger partial charge in [0.1, 0.15) is 0 Å². The number of likely N-dealkylation sites (tertiary alicyclic amines) is 1. The first-order chi connectivity index (χ1) is 14.9. The summed E-state index contributed by atoms with van der Waals surface area (Å²) in [4.78, 5) is 27.0. The number of hydrogen-bond donors (Lipinski definition) is 3. The van der Waals surface area contributed by atoms with Crippen molar-refractivity contribution in [3.63, 3.8) is 0 Å². The number of urea groups is 1. The number of hydrogen-bond acceptors (Lipinski definition) is 4. The standard InChI is InChI=1S/C23H32N6O2/c1-15(2)29-21-16(3)12-24-14-19(21)20(27-29)22(30)25-13-17-6-8-18(9-7-17)26-23(31)28-10-4-5-11-28/h6-9,15-16,24H,4-5,10-14H2,1-3H3,(H,25,30)(H,26,31). The number of benzene rings is 1. The maximum atomic E-state index is 12.9. The third-order valence-electron chi connectivity index (χ3n) is 6.02. The second kappa shape index (κ2) is 9.09. The van der Waals surface area contributed by atoms with Crippen molar-refractivity contribution in [2.45, 2.75) is 58.7 Å². The van der Waals surface area contributed by atoms with E-state index in [0.717, 1.165) is 55.0 Å². The summed E-state index contributed by atoms with van der Waals surface area (Å²) in [5.41, 5.74) is 4.41. The van der Waals surface area contributed by atoms with Crippen molar-refractivity contribution >= 4 is 17.6 Å². The molecule has 0 spiro atoms. The highest BCUT2D eigenvalue weighted by Gasteiger charge is 2.29. The smallest absolute Gasteiger partial charge is 0.321 e. The number of nitrogens with zero attached hydrogens (tertiary/aromatic N) is 3. The van der Waals surface area contributed by atoms with E-state index in [4.69, 9.17) is 0 Å². The van der Waals surface area contributed by atoms with E-state index < -0.39 is 0 Å². The SMILES string of the molecule is CC1CNCc2c(C(=O)NCc3ccc(NC(=O)N4CCCC4)cc3)nn(C(C)C)c21. The zero-order valence-corrected chi connectivity index (χ0v) is 18.6. The number of aromatic nitrogens is 2. The number of fused-ring (bicyclic) bond motifs is 1. The quantitative estimate of drug-likeness (QED) is 0.687. The zero-order chi connectivity index (χ0) is 22.0. The van der Waals surface area contributed by atoms with E-state index in [1.165, 1.54) is 0 Å². The van der Waals surface area contributed by atoms with E-state index in [2.05, 4.69) is 41.8 Å². The second-order valence-electron chi connectivity index (χ2n) is 8.79. The van der Waals surface area contributed by atoms with Crippen molar-refractivity contribution in [1.82, 2.24) is 25.3 Å². The van der Waals surface area contributed by atoms with Crippen LogP contribution in [0.2, 0.25) is 0 Å². The minimum absolute atomic E-state index is 0.0492. The molecule has 1 fully saturated rings. The zero-order valence-electron chi connectivity index (χ0n) is 18.6. The number of amides is 3. The lowest BCUT2D eigenvalue weighted by Crippen LogP contribution is -2.32. The maximum absolute atomic E-state index is 12.9. The summed E-state index contributed by atoms with van der Waals surface area (Å²) in [5, 5.41) is 14.0. The van der Waals surface area contributed by atoms with Crippen molar-refractivity contribution < 1.29 is 9.59 Å². The highest BCUT2D eigenvalue weighted by atomic mass is 16.2. The first-order valence-corrected chi connectivity index (χ1v) is 11.2. The molecule has 0 radical (unpaired) electrons. The fourth-order valence-electron chi connectivity index (χ4n) is 4.36. The molecular formula is C23H32N6O2. The largest absolute Gasteiger partial charge is 0.347 e. The van der Waals surface area contributed by atoms with Gasteiger partial charge in [0, 0.05) is 61.6 Å². The van der Waals surface area contributed by atoms with Crippen LogP contribution >= 0.6 is 0 Å². The second-order valence-corrected chi connectivity index (χ2v) is 8.79. The summed E-state index contributed by atoms with van der Waals surface area (Å²) in [5.74, 6) is 0.168. The number of carbonyl (C=O) groups is 2. The predicted molar refractivity (Wildman–Crippen MR) is 120 cm³/mol. The predicted octanol–water partition coefficient (Wildman–Crippen LogP) is 3.23.